The second-order valence-electron chi connectivity index (χ2n) is 4.58. The van der Waals surface area contributed by atoms with Gasteiger partial charge in [0.25, 0.3) is 0 Å². The van der Waals surface area contributed by atoms with Crippen molar-refractivity contribution >= 4 is 28.5 Å². The van der Waals surface area contributed by atoms with Crippen molar-refractivity contribution < 1.29 is 18.7 Å². The molecule has 0 aliphatic rings. The lowest BCUT2D eigenvalue weighted by molar-refractivity contribution is 0.0663. The van der Waals surface area contributed by atoms with Gasteiger partial charge in [-0.3, -0.25) is 0 Å². The van der Waals surface area contributed by atoms with E-state index in [2.05, 4.69) is 0 Å². The van der Waals surface area contributed by atoms with Crippen LogP contribution in [0, 0.1) is 11.7 Å². The van der Waals surface area contributed by atoms with Crippen LogP contribution in [0.15, 0.2) is 16.5 Å². The molecular formula is C13H12ClFO3. The van der Waals surface area contributed by atoms with E-state index in [4.69, 9.17) is 21.1 Å². The van der Waals surface area contributed by atoms with E-state index >= 15 is 0 Å². The highest BCUT2D eigenvalue weighted by Crippen LogP contribution is 2.33. The van der Waals surface area contributed by atoms with Gasteiger partial charge in [-0.05, 0) is 24.5 Å². The first-order valence-electron chi connectivity index (χ1n) is 5.54. The van der Waals surface area contributed by atoms with E-state index in [1.807, 2.05) is 13.8 Å². The zero-order valence-corrected chi connectivity index (χ0v) is 10.7. The molecule has 3 nitrogen and oxygen atoms in total. The number of carboxylic acids is 1. The third-order valence-electron chi connectivity index (χ3n) is 2.62. The van der Waals surface area contributed by atoms with Gasteiger partial charge in [0.05, 0.1) is 5.02 Å². The fourth-order valence-corrected chi connectivity index (χ4v) is 2.20. The van der Waals surface area contributed by atoms with Crippen LogP contribution in [0.5, 0.6) is 0 Å². The minimum absolute atomic E-state index is 0.0857. The molecule has 1 N–H and O–H groups in total. The van der Waals surface area contributed by atoms with Gasteiger partial charge in [-0.25, -0.2) is 9.18 Å². The van der Waals surface area contributed by atoms with Crippen molar-refractivity contribution in [3.63, 3.8) is 0 Å². The van der Waals surface area contributed by atoms with Crippen LogP contribution in [0.2, 0.25) is 5.02 Å². The van der Waals surface area contributed by atoms with Crippen molar-refractivity contribution in [3.8, 4) is 0 Å². The van der Waals surface area contributed by atoms with Gasteiger partial charge in [-0.15, -0.1) is 0 Å². The Labute approximate surface area is 108 Å². The number of carboxylic acid groups (broad SMARTS) is 1. The second-order valence-corrected chi connectivity index (χ2v) is 4.98. The Morgan fingerprint density at radius 3 is 2.72 bits per heavy atom. The van der Waals surface area contributed by atoms with Crippen LogP contribution in [0.25, 0.3) is 11.0 Å². The Kier molecular flexibility index (Phi) is 3.30. The molecule has 0 saturated carbocycles. The number of halogens is 2. The molecule has 1 aromatic carbocycles. The molecule has 0 atom stereocenters. The van der Waals surface area contributed by atoms with Gasteiger partial charge in [0.15, 0.2) is 5.58 Å². The van der Waals surface area contributed by atoms with E-state index in [1.54, 1.807) is 0 Å². The summed E-state index contributed by atoms with van der Waals surface area (Å²) in [7, 11) is 0. The number of rotatable bonds is 3. The average Bonchev–Trinajstić information content (AvgIpc) is 2.57. The lowest BCUT2D eigenvalue weighted by Crippen LogP contribution is -2.02. The van der Waals surface area contributed by atoms with Crippen LogP contribution >= 0.6 is 11.6 Å². The van der Waals surface area contributed by atoms with E-state index in [1.165, 1.54) is 6.07 Å². The molecule has 0 aliphatic heterocycles. The second kappa shape index (κ2) is 4.61. The largest absolute Gasteiger partial charge is 0.475 e. The molecule has 0 spiro atoms. The maximum absolute atomic E-state index is 13.4. The van der Waals surface area contributed by atoms with Gasteiger partial charge in [0.1, 0.15) is 5.82 Å². The fourth-order valence-electron chi connectivity index (χ4n) is 1.96. The van der Waals surface area contributed by atoms with Gasteiger partial charge in [0, 0.05) is 10.9 Å². The van der Waals surface area contributed by atoms with Gasteiger partial charge >= 0.3 is 5.97 Å². The fraction of sp³-hybridized carbons (Fsp3) is 0.308. The van der Waals surface area contributed by atoms with Crippen LogP contribution in [-0.2, 0) is 6.42 Å². The van der Waals surface area contributed by atoms with Gasteiger partial charge < -0.3 is 9.52 Å². The summed E-state index contributed by atoms with van der Waals surface area (Å²) in [5, 5.41) is 9.63. The molecule has 0 saturated heterocycles. The molecule has 0 amide bonds. The maximum Gasteiger partial charge on any atom is 0.372 e. The topological polar surface area (TPSA) is 50.4 Å². The predicted octanol–water partition coefficient (Wildman–Crippen LogP) is 4.12. The third-order valence-corrected chi connectivity index (χ3v) is 2.90. The van der Waals surface area contributed by atoms with Crippen molar-refractivity contribution in [2.75, 3.05) is 0 Å². The number of benzene rings is 1. The number of fused-ring (bicyclic) bond motifs is 1. The molecule has 0 aliphatic carbocycles. The van der Waals surface area contributed by atoms with Crippen molar-refractivity contribution in [3.05, 3.63) is 34.3 Å². The van der Waals surface area contributed by atoms with E-state index in [0.717, 1.165) is 6.07 Å². The lowest BCUT2D eigenvalue weighted by atomic mass is 10.00. The number of furan rings is 1. The molecule has 0 radical (unpaired) electrons. The van der Waals surface area contributed by atoms with Crippen molar-refractivity contribution in [2.24, 2.45) is 5.92 Å². The molecule has 0 bridgehead atoms. The molecule has 5 heteroatoms. The van der Waals surface area contributed by atoms with Crippen molar-refractivity contribution in [1.29, 1.82) is 0 Å². The standard InChI is InChI=1S/C13H12ClFO3/c1-6(2)3-8-9-4-7(15)5-10(14)11(9)18-12(8)13(16)17/h4-6H,3H2,1-2H3,(H,16,17). The number of carbonyl (C=O) groups is 1. The van der Waals surface area contributed by atoms with Crippen molar-refractivity contribution in [1.82, 2.24) is 0 Å². The molecule has 0 unspecified atom stereocenters. The Balaban J connectivity index is 2.76. The quantitative estimate of drug-likeness (QED) is 0.913. The molecule has 1 aromatic heterocycles. The predicted molar refractivity (Wildman–Crippen MR) is 66.7 cm³/mol. The van der Waals surface area contributed by atoms with Crippen molar-refractivity contribution in [2.45, 2.75) is 20.3 Å². The normalized spacial score (nSPS) is 11.4. The van der Waals surface area contributed by atoms with E-state index in [0.29, 0.717) is 17.4 Å². The average molecular weight is 271 g/mol. The Morgan fingerprint density at radius 1 is 1.50 bits per heavy atom. The van der Waals surface area contributed by atoms with Crippen LogP contribution in [0.3, 0.4) is 0 Å². The minimum Gasteiger partial charge on any atom is -0.475 e. The van der Waals surface area contributed by atoms with E-state index < -0.39 is 11.8 Å². The van der Waals surface area contributed by atoms with Gasteiger partial charge in [0.2, 0.25) is 5.76 Å². The first-order chi connectivity index (χ1) is 8.40. The molecule has 18 heavy (non-hydrogen) atoms. The summed E-state index contributed by atoms with van der Waals surface area (Å²) in [5.41, 5.74) is 0.722. The molecule has 1 heterocycles. The highest BCUT2D eigenvalue weighted by molar-refractivity contribution is 6.35. The monoisotopic (exact) mass is 270 g/mol. The first kappa shape index (κ1) is 12.9. The molecule has 96 valence electrons. The molecular weight excluding hydrogens is 259 g/mol. The lowest BCUT2D eigenvalue weighted by Gasteiger charge is -2.03. The van der Waals surface area contributed by atoms with E-state index in [-0.39, 0.29) is 22.3 Å². The highest BCUT2D eigenvalue weighted by atomic mass is 35.5. The minimum atomic E-state index is -1.17. The summed E-state index contributed by atoms with van der Waals surface area (Å²) in [5.74, 6) is -1.61. The molecule has 2 rings (SSSR count). The van der Waals surface area contributed by atoms with Gasteiger partial charge in [-0.1, -0.05) is 25.4 Å². The first-order valence-corrected chi connectivity index (χ1v) is 5.91. The third kappa shape index (κ3) is 2.20. The van der Waals surface area contributed by atoms with Crippen LogP contribution in [0.4, 0.5) is 4.39 Å². The maximum atomic E-state index is 13.4. The number of aromatic carboxylic acids is 1. The SMILES string of the molecule is CC(C)Cc1c(C(=O)O)oc2c(Cl)cc(F)cc12. The zero-order valence-electron chi connectivity index (χ0n) is 9.96. The smallest absolute Gasteiger partial charge is 0.372 e. The summed E-state index contributed by atoms with van der Waals surface area (Å²) in [6.07, 6.45) is 0.494. The Morgan fingerprint density at radius 2 is 2.17 bits per heavy atom. The van der Waals surface area contributed by atoms with Crippen LogP contribution in [-0.4, -0.2) is 11.1 Å². The highest BCUT2D eigenvalue weighted by Gasteiger charge is 2.22. The Hall–Kier alpha value is -1.55. The molecule has 0 fully saturated rings. The summed E-state index contributed by atoms with van der Waals surface area (Å²) < 4.78 is 18.6. The summed E-state index contributed by atoms with van der Waals surface area (Å²) in [6.45, 7) is 3.90. The van der Waals surface area contributed by atoms with Crippen LogP contribution < -0.4 is 0 Å². The van der Waals surface area contributed by atoms with E-state index in [9.17, 15) is 9.18 Å². The summed E-state index contributed by atoms with van der Waals surface area (Å²) in [4.78, 5) is 11.1. The number of hydrogen-bond acceptors (Lipinski definition) is 2. The molecule has 2 aromatic rings. The van der Waals surface area contributed by atoms with Gasteiger partial charge in [-0.2, -0.15) is 0 Å². The summed E-state index contributed by atoms with van der Waals surface area (Å²) >= 11 is 5.86. The zero-order chi connectivity index (χ0) is 13.4. The van der Waals surface area contributed by atoms with Crippen LogP contribution in [0.1, 0.15) is 30.0 Å². The Bertz CT molecular complexity index is 616. The summed E-state index contributed by atoms with van der Waals surface area (Å²) in [6, 6.07) is 2.37. The number of hydrogen-bond donors (Lipinski definition) is 1.